The third kappa shape index (κ3) is 4.33. The summed E-state index contributed by atoms with van der Waals surface area (Å²) in [6.07, 6.45) is 5.97. The van der Waals surface area contributed by atoms with Crippen LogP contribution in [-0.2, 0) is 0 Å². The van der Waals surface area contributed by atoms with Crippen molar-refractivity contribution in [3.05, 3.63) is 29.8 Å². The fourth-order valence-electron chi connectivity index (χ4n) is 2.48. The van der Waals surface area contributed by atoms with Crippen molar-refractivity contribution in [1.82, 2.24) is 5.32 Å². The first-order chi connectivity index (χ1) is 8.76. The number of rotatable bonds is 8. The van der Waals surface area contributed by atoms with Gasteiger partial charge < -0.3 is 5.32 Å². The molecular formula is C16H27NS. The van der Waals surface area contributed by atoms with E-state index in [-0.39, 0.29) is 0 Å². The minimum absolute atomic E-state index is 0.503. The Morgan fingerprint density at radius 2 is 1.78 bits per heavy atom. The highest BCUT2D eigenvalue weighted by Crippen LogP contribution is 2.31. The molecule has 0 amide bonds. The molecule has 0 fully saturated rings. The summed E-state index contributed by atoms with van der Waals surface area (Å²) in [5.41, 5.74) is 1.47. The van der Waals surface area contributed by atoms with Crippen molar-refractivity contribution >= 4 is 11.8 Å². The summed E-state index contributed by atoms with van der Waals surface area (Å²) in [6.45, 7) is 7.84. The van der Waals surface area contributed by atoms with Gasteiger partial charge in [-0.2, -0.15) is 0 Å². The molecule has 102 valence electrons. The van der Waals surface area contributed by atoms with E-state index in [1.165, 1.54) is 29.7 Å². The van der Waals surface area contributed by atoms with Crippen molar-refractivity contribution in [2.75, 3.05) is 12.8 Å². The molecule has 18 heavy (non-hydrogen) atoms. The molecule has 2 heteroatoms. The average molecular weight is 265 g/mol. The summed E-state index contributed by atoms with van der Waals surface area (Å²) in [6, 6.07) is 9.31. The molecule has 1 N–H and O–H groups in total. The molecule has 0 bridgehead atoms. The predicted molar refractivity (Wildman–Crippen MR) is 83.3 cm³/mol. The second-order valence-corrected chi connectivity index (χ2v) is 5.62. The van der Waals surface area contributed by atoms with Crippen LogP contribution in [0.3, 0.4) is 0 Å². The van der Waals surface area contributed by atoms with Gasteiger partial charge in [-0.25, -0.2) is 0 Å². The maximum absolute atomic E-state index is 3.66. The lowest BCUT2D eigenvalue weighted by molar-refractivity contribution is 0.373. The van der Waals surface area contributed by atoms with Gasteiger partial charge in [0.15, 0.2) is 0 Å². The number of thioether (sulfide) groups is 1. The van der Waals surface area contributed by atoms with Crippen LogP contribution >= 0.6 is 11.8 Å². The molecule has 1 aromatic carbocycles. The molecule has 0 aliphatic heterocycles. The first-order valence-electron chi connectivity index (χ1n) is 7.12. The Hall–Kier alpha value is -0.470. The van der Waals surface area contributed by atoms with Crippen LogP contribution in [-0.4, -0.2) is 12.8 Å². The van der Waals surface area contributed by atoms with Crippen molar-refractivity contribution in [1.29, 1.82) is 0 Å². The second kappa shape index (κ2) is 8.60. The van der Waals surface area contributed by atoms with Crippen LogP contribution in [0.5, 0.6) is 0 Å². The molecule has 0 aliphatic carbocycles. The zero-order valence-corrected chi connectivity index (χ0v) is 13.0. The van der Waals surface area contributed by atoms with Gasteiger partial charge in [-0.05, 0) is 36.8 Å². The van der Waals surface area contributed by atoms with Crippen LogP contribution < -0.4 is 5.32 Å². The van der Waals surface area contributed by atoms with Gasteiger partial charge in [0.25, 0.3) is 0 Å². The largest absolute Gasteiger partial charge is 0.310 e. The summed E-state index contributed by atoms with van der Waals surface area (Å²) < 4.78 is 0. The zero-order valence-electron chi connectivity index (χ0n) is 12.2. The van der Waals surface area contributed by atoms with Crippen LogP contribution in [0.2, 0.25) is 0 Å². The Kier molecular flexibility index (Phi) is 7.45. The minimum atomic E-state index is 0.503. The quantitative estimate of drug-likeness (QED) is 0.672. The number of hydrogen-bond donors (Lipinski definition) is 1. The third-order valence-electron chi connectivity index (χ3n) is 3.69. The molecule has 1 unspecified atom stereocenters. The maximum Gasteiger partial charge on any atom is 0.0333 e. The van der Waals surface area contributed by atoms with Crippen molar-refractivity contribution in [3.8, 4) is 0 Å². The first kappa shape index (κ1) is 15.6. The smallest absolute Gasteiger partial charge is 0.0333 e. The van der Waals surface area contributed by atoms with Gasteiger partial charge in [-0.15, -0.1) is 11.8 Å². The number of nitrogens with one attached hydrogen (secondary N) is 1. The highest BCUT2D eigenvalue weighted by molar-refractivity contribution is 7.98. The van der Waals surface area contributed by atoms with E-state index in [0.29, 0.717) is 6.04 Å². The van der Waals surface area contributed by atoms with Gasteiger partial charge in [0.05, 0.1) is 0 Å². The first-order valence-corrected chi connectivity index (χ1v) is 8.35. The van der Waals surface area contributed by atoms with Crippen LogP contribution in [0.15, 0.2) is 29.2 Å². The highest BCUT2D eigenvalue weighted by atomic mass is 32.2. The van der Waals surface area contributed by atoms with E-state index in [1.807, 2.05) is 11.8 Å². The Bertz CT molecular complexity index is 334. The third-order valence-corrected chi connectivity index (χ3v) is 4.50. The molecule has 0 radical (unpaired) electrons. The lowest BCUT2D eigenvalue weighted by Gasteiger charge is -2.24. The van der Waals surface area contributed by atoms with Gasteiger partial charge in [0.1, 0.15) is 0 Å². The summed E-state index contributed by atoms with van der Waals surface area (Å²) in [7, 11) is 0. The molecule has 0 aromatic heterocycles. The summed E-state index contributed by atoms with van der Waals surface area (Å²) >= 11 is 1.85. The maximum atomic E-state index is 3.66. The van der Waals surface area contributed by atoms with Crippen LogP contribution in [0, 0.1) is 5.92 Å². The average Bonchev–Trinajstić information content (AvgIpc) is 2.43. The zero-order chi connectivity index (χ0) is 13.4. The minimum Gasteiger partial charge on any atom is -0.310 e. The Labute approximate surface area is 117 Å². The SMILES string of the molecule is CCNC(CC(CC)CC)c1ccccc1SC. The summed E-state index contributed by atoms with van der Waals surface area (Å²) in [5, 5.41) is 3.66. The second-order valence-electron chi connectivity index (χ2n) is 4.77. The Balaban J connectivity index is 2.89. The number of hydrogen-bond acceptors (Lipinski definition) is 2. The molecule has 1 nitrogen and oxygen atoms in total. The molecule has 0 heterocycles. The molecule has 0 spiro atoms. The van der Waals surface area contributed by atoms with E-state index in [9.17, 15) is 0 Å². The Morgan fingerprint density at radius 1 is 1.11 bits per heavy atom. The van der Waals surface area contributed by atoms with E-state index in [1.54, 1.807) is 0 Å². The topological polar surface area (TPSA) is 12.0 Å². The van der Waals surface area contributed by atoms with Gasteiger partial charge in [0, 0.05) is 10.9 Å². The van der Waals surface area contributed by atoms with E-state index in [0.717, 1.165) is 12.5 Å². The van der Waals surface area contributed by atoms with Gasteiger partial charge in [-0.3, -0.25) is 0 Å². The van der Waals surface area contributed by atoms with E-state index in [2.05, 4.69) is 56.6 Å². The highest BCUT2D eigenvalue weighted by Gasteiger charge is 2.17. The van der Waals surface area contributed by atoms with Crippen LogP contribution in [0.1, 0.15) is 51.6 Å². The van der Waals surface area contributed by atoms with Gasteiger partial charge in [-0.1, -0.05) is 51.8 Å². The van der Waals surface area contributed by atoms with Crippen molar-refractivity contribution in [2.24, 2.45) is 5.92 Å². The van der Waals surface area contributed by atoms with Gasteiger partial charge >= 0.3 is 0 Å². The summed E-state index contributed by atoms with van der Waals surface area (Å²) in [4.78, 5) is 1.41. The van der Waals surface area contributed by atoms with Crippen molar-refractivity contribution < 1.29 is 0 Å². The van der Waals surface area contributed by atoms with E-state index in [4.69, 9.17) is 0 Å². The molecule has 1 rings (SSSR count). The van der Waals surface area contributed by atoms with Crippen LogP contribution in [0.4, 0.5) is 0 Å². The molecule has 0 saturated carbocycles. The molecule has 0 aliphatic rings. The lowest BCUT2D eigenvalue weighted by atomic mass is 9.91. The lowest BCUT2D eigenvalue weighted by Crippen LogP contribution is -2.23. The molecular weight excluding hydrogens is 238 g/mol. The van der Waals surface area contributed by atoms with E-state index < -0.39 is 0 Å². The number of benzene rings is 1. The standard InChI is InChI=1S/C16H27NS/c1-5-13(6-2)12-15(17-7-3)14-10-8-9-11-16(14)18-4/h8-11,13,15,17H,5-7,12H2,1-4H3. The normalized spacial score (nSPS) is 12.9. The van der Waals surface area contributed by atoms with Crippen molar-refractivity contribution in [2.45, 2.75) is 51.0 Å². The molecule has 0 saturated heterocycles. The molecule has 1 aromatic rings. The van der Waals surface area contributed by atoms with Crippen molar-refractivity contribution in [3.63, 3.8) is 0 Å². The fraction of sp³-hybridized carbons (Fsp3) is 0.625. The monoisotopic (exact) mass is 265 g/mol. The predicted octanol–water partition coefficient (Wildman–Crippen LogP) is 4.89. The summed E-state index contributed by atoms with van der Waals surface area (Å²) in [5.74, 6) is 0.823. The molecule has 1 atom stereocenters. The van der Waals surface area contributed by atoms with Crippen LogP contribution in [0.25, 0.3) is 0 Å². The van der Waals surface area contributed by atoms with Gasteiger partial charge in [0.2, 0.25) is 0 Å². The Morgan fingerprint density at radius 3 is 2.33 bits per heavy atom. The fourth-order valence-corrected chi connectivity index (χ4v) is 3.14. The van der Waals surface area contributed by atoms with E-state index >= 15 is 0 Å².